The first-order valence-electron chi connectivity index (χ1n) is 10.1. The molecule has 4 rings (SSSR count). The number of para-hydroxylation sites is 1. The lowest BCUT2D eigenvalue weighted by Gasteiger charge is -2.32. The molecule has 30 heavy (non-hydrogen) atoms. The van der Waals surface area contributed by atoms with Gasteiger partial charge in [0.25, 0.3) is 0 Å². The standard InChI is InChI=1S/C23H25FN4O2/c24-18-5-6-22(17(11-18)15-29)26-19-7-9-28(10-8-19)14-23(30)27-20-12-16-3-1-2-4-21(16)25-13-20/h1-6,11-13,19,26,29H,7-10,14-15H2,(H,27,30). The summed E-state index contributed by atoms with van der Waals surface area (Å²) in [5, 5.41) is 16.7. The van der Waals surface area contributed by atoms with Crippen molar-refractivity contribution in [2.45, 2.75) is 25.5 Å². The Balaban J connectivity index is 1.27. The largest absolute Gasteiger partial charge is 0.392 e. The Bertz CT molecular complexity index is 1030. The van der Waals surface area contributed by atoms with E-state index in [1.165, 1.54) is 12.1 Å². The average Bonchev–Trinajstić information content (AvgIpc) is 2.76. The molecule has 3 N–H and O–H groups in total. The minimum atomic E-state index is -0.355. The van der Waals surface area contributed by atoms with Crippen molar-refractivity contribution in [3.05, 3.63) is 66.1 Å². The molecule has 1 aromatic heterocycles. The molecule has 2 heterocycles. The number of likely N-dealkylation sites (tertiary alicyclic amines) is 1. The number of carbonyl (C=O) groups is 1. The second-order valence-electron chi connectivity index (χ2n) is 7.62. The third-order valence-corrected chi connectivity index (χ3v) is 5.43. The van der Waals surface area contributed by atoms with Crippen LogP contribution in [0.3, 0.4) is 0 Å². The van der Waals surface area contributed by atoms with Crippen molar-refractivity contribution in [3.63, 3.8) is 0 Å². The lowest BCUT2D eigenvalue weighted by molar-refractivity contribution is -0.117. The van der Waals surface area contributed by atoms with E-state index < -0.39 is 0 Å². The van der Waals surface area contributed by atoms with Crippen LogP contribution in [-0.2, 0) is 11.4 Å². The fourth-order valence-corrected chi connectivity index (χ4v) is 3.83. The van der Waals surface area contributed by atoms with Crippen molar-refractivity contribution in [2.75, 3.05) is 30.3 Å². The molecule has 1 saturated heterocycles. The van der Waals surface area contributed by atoms with Crippen LogP contribution in [0.2, 0.25) is 0 Å². The maximum absolute atomic E-state index is 13.3. The van der Waals surface area contributed by atoms with Crippen molar-refractivity contribution in [2.24, 2.45) is 0 Å². The van der Waals surface area contributed by atoms with Crippen LogP contribution >= 0.6 is 0 Å². The highest BCUT2D eigenvalue weighted by atomic mass is 19.1. The van der Waals surface area contributed by atoms with Gasteiger partial charge in [-0.1, -0.05) is 18.2 Å². The number of aliphatic hydroxyl groups is 1. The maximum Gasteiger partial charge on any atom is 0.238 e. The van der Waals surface area contributed by atoms with Crippen molar-refractivity contribution in [1.29, 1.82) is 0 Å². The number of halogens is 1. The lowest BCUT2D eigenvalue weighted by atomic mass is 10.0. The normalized spacial score (nSPS) is 15.3. The van der Waals surface area contributed by atoms with Gasteiger partial charge in [-0.2, -0.15) is 0 Å². The molecule has 1 aliphatic heterocycles. The molecule has 0 unspecified atom stereocenters. The number of piperidine rings is 1. The van der Waals surface area contributed by atoms with Gasteiger partial charge in [0.05, 0.1) is 30.6 Å². The summed E-state index contributed by atoms with van der Waals surface area (Å²) in [6.07, 6.45) is 3.41. The predicted molar refractivity (Wildman–Crippen MR) is 116 cm³/mol. The van der Waals surface area contributed by atoms with E-state index in [1.807, 2.05) is 30.3 Å². The van der Waals surface area contributed by atoms with Gasteiger partial charge in [0, 0.05) is 35.8 Å². The monoisotopic (exact) mass is 408 g/mol. The number of aliphatic hydroxyl groups excluding tert-OH is 1. The summed E-state index contributed by atoms with van der Waals surface area (Å²) >= 11 is 0. The van der Waals surface area contributed by atoms with Crippen molar-refractivity contribution < 1.29 is 14.3 Å². The van der Waals surface area contributed by atoms with Crippen LogP contribution in [0.4, 0.5) is 15.8 Å². The first-order chi connectivity index (χ1) is 14.6. The molecule has 1 aliphatic rings. The molecular weight excluding hydrogens is 383 g/mol. The molecule has 2 aromatic carbocycles. The average molecular weight is 408 g/mol. The second-order valence-corrected chi connectivity index (χ2v) is 7.62. The Morgan fingerprint density at radius 2 is 1.97 bits per heavy atom. The van der Waals surface area contributed by atoms with Crippen LogP contribution in [0.5, 0.6) is 0 Å². The highest BCUT2D eigenvalue weighted by Crippen LogP contribution is 2.22. The number of amides is 1. The number of hydrogen-bond donors (Lipinski definition) is 3. The Morgan fingerprint density at radius 1 is 1.17 bits per heavy atom. The molecule has 3 aromatic rings. The zero-order chi connectivity index (χ0) is 20.9. The Morgan fingerprint density at radius 3 is 2.77 bits per heavy atom. The molecule has 156 valence electrons. The lowest BCUT2D eigenvalue weighted by Crippen LogP contribution is -2.42. The number of fused-ring (bicyclic) bond motifs is 1. The number of nitrogens with zero attached hydrogens (tertiary/aromatic N) is 2. The predicted octanol–water partition coefficient (Wildman–Crippen LogP) is 3.38. The molecule has 0 radical (unpaired) electrons. The Hall–Kier alpha value is -3.03. The van der Waals surface area contributed by atoms with E-state index in [0.717, 1.165) is 42.5 Å². The molecule has 0 saturated carbocycles. The van der Waals surface area contributed by atoms with Crippen LogP contribution in [-0.4, -0.2) is 46.6 Å². The number of rotatable bonds is 6. The summed E-state index contributed by atoms with van der Waals surface area (Å²) in [5.74, 6) is -0.411. The number of carbonyl (C=O) groups excluding carboxylic acids is 1. The van der Waals surface area contributed by atoms with Gasteiger partial charge in [0.2, 0.25) is 5.91 Å². The zero-order valence-electron chi connectivity index (χ0n) is 16.6. The Kier molecular flexibility index (Phi) is 6.21. The third kappa shape index (κ3) is 4.93. The van der Waals surface area contributed by atoms with E-state index >= 15 is 0 Å². The highest BCUT2D eigenvalue weighted by molar-refractivity contribution is 5.94. The molecular formula is C23H25FN4O2. The van der Waals surface area contributed by atoms with Gasteiger partial charge in [0.15, 0.2) is 0 Å². The number of pyridine rings is 1. The summed E-state index contributed by atoms with van der Waals surface area (Å²) in [4.78, 5) is 18.9. The summed E-state index contributed by atoms with van der Waals surface area (Å²) in [7, 11) is 0. The number of nitrogens with one attached hydrogen (secondary N) is 2. The SMILES string of the molecule is O=C(CN1CCC(Nc2ccc(F)cc2CO)CC1)Nc1cnc2ccccc2c1. The van der Waals surface area contributed by atoms with Crippen molar-refractivity contribution in [1.82, 2.24) is 9.88 Å². The summed E-state index contributed by atoms with van der Waals surface area (Å²) < 4.78 is 13.3. The van der Waals surface area contributed by atoms with Crippen LogP contribution < -0.4 is 10.6 Å². The molecule has 1 amide bonds. The van der Waals surface area contributed by atoms with Crippen LogP contribution in [0.1, 0.15) is 18.4 Å². The van der Waals surface area contributed by atoms with Gasteiger partial charge in [-0.15, -0.1) is 0 Å². The van der Waals surface area contributed by atoms with Crippen LogP contribution in [0, 0.1) is 5.82 Å². The van der Waals surface area contributed by atoms with E-state index in [1.54, 1.807) is 12.3 Å². The van der Waals surface area contributed by atoms with E-state index in [2.05, 4.69) is 20.5 Å². The van der Waals surface area contributed by atoms with E-state index in [-0.39, 0.29) is 24.4 Å². The fourth-order valence-electron chi connectivity index (χ4n) is 3.83. The third-order valence-electron chi connectivity index (χ3n) is 5.43. The fraction of sp³-hybridized carbons (Fsp3) is 0.304. The first-order valence-corrected chi connectivity index (χ1v) is 10.1. The maximum atomic E-state index is 13.3. The molecule has 0 aliphatic carbocycles. The highest BCUT2D eigenvalue weighted by Gasteiger charge is 2.21. The van der Waals surface area contributed by atoms with Crippen molar-refractivity contribution in [3.8, 4) is 0 Å². The molecule has 6 nitrogen and oxygen atoms in total. The number of anilines is 2. The quantitative estimate of drug-likeness (QED) is 0.583. The minimum Gasteiger partial charge on any atom is -0.392 e. The molecule has 0 bridgehead atoms. The smallest absolute Gasteiger partial charge is 0.238 e. The van der Waals surface area contributed by atoms with E-state index in [0.29, 0.717) is 17.8 Å². The van der Waals surface area contributed by atoms with E-state index in [9.17, 15) is 14.3 Å². The minimum absolute atomic E-state index is 0.0559. The topological polar surface area (TPSA) is 77.5 Å². The van der Waals surface area contributed by atoms with Gasteiger partial charge in [0.1, 0.15) is 5.82 Å². The summed E-state index contributed by atoms with van der Waals surface area (Å²) in [6, 6.07) is 14.4. The molecule has 0 atom stereocenters. The zero-order valence-corrected chi connectivity index (χ0v) is 16.6. The van der Waals surface area contributed by atoms with Crippen LogP contribution in [0.25, 0.3) is 10.9 Å². The van der Waals surface area contributed by atoms with Gasteiger partial charge in [-0.3, -0.25) is 14.7 Å². The first kappa shape index (κ1) is 20.3. The van der Waals surface area contributed by atoms with Gasteiger partial charge >= 0.3 is 0 Å². The van der Waals surface area contributed by atoms with Gasteiger partial charge in [-0.25, -0.2) is 4.39 Å². The summed E-state index contributed by atoms with van der Waals surface area (Å²) in [5.41, 5.74) is 2.92. The molecule has 7 heteroatoms. The van der Waals surface area contributed by atoms with Gasteiger partial charge in [-0.05, 0) is 43.2 Å². The summed E-state index contributed by atoms with van der Waals surface area (Å²) in [6.45, 7) is 1.70. The Labute approximate surface area is 174 Å². The molecule has 0 spiro atoms. The molecule has 1 fully saturated rings. The second kappa shape index (κ2) is 9.19. The van der Waals surface area contributed by atoms with Gasteiger partial charge < -0.3 is 15.7 Å². The van der Waals surface area contributed by atoms with E-state index in [4.69, 9.17) is 0 Å². The van der Waals surface area contributed by atoms with Crippen molar-refractivity contribution >= 4 is 28.2 Å². The number of hydrogen-bond acceptors (Lipinski definition) is 5. The van der Waals surface area contributed by atoms with Crippen LogP contribution in [0.15, 0.2) is 54.7 Å². The number of aromatic nitrogens is 1. The number of benzene rings is 2.